The van der Waals surface area contributed by atoms with E-state index in [1.165, 1.54) is 0 Å². The molecule has 2 atom stereocenters. The van der Waals surface area contributed by atoms with E-state index >= 15 is 0 Å². The highest BCUT2D eigenvalue weighted by Crippen LogP contribution is 2.18. The summed E-state index contributed by atoms with van der Waals surface area (Å²) >= 11 is 0. The molecule has 6 heteroatoms. The van der Waals surface area contributed by atoms with Crippen molar-refractivity contribution in [2.24, 2.45) is 5.73 Å². The van der Waals surface area contributed by atoms with Gasteiger partial charge >= 0.3 is 0 Å². The van der Waals surface area contributed by atoms with Crippen molar-refractivity contribution >= 4 is 15.7 Å². The van der Waals surface area contributed by atoms with Crippen molar-refractivity contribution < 1.29 is 13.2 Å². The van der Waals surface area contributed by atoms with Crippen molar-refractivity contribution in [2.45, 2.75) is 43.9 Å². The number of sulfone groups is 1. The molecule has 5 nitrogen and oxygen atoms in total. The zero-order valence-corrected chi connectivity index (χ0v) is 10.4. The first kappa shape index (κ1) is 13.4. The topological polar surface area (TPSA) is 89.3 Å². The Morgan fingerprint density at radius 1 is 1.56 bits per heavy atom. The Kier molecular flexibility index (Phi) is 4.73. The average Bonchev–Trinajstić information content (AvgIpc) is 2.51. The summed E-state index contributed by atoms with van der Waals surface area (Å²) < 4.78 is 22.9. The standard InChI is InChI=1S/C10H20N2O3S/c1-8(11)4-5-10(13)12-7-9-3-2-6-16(9,14)15/h8-9H,2-7,11H2,1H3,(H,12,13). The highest BCUT2D eigenvalue weighted by atomic mass is 32.2. The number of hydrogen-bond acceptors (Lipinski definition) is 4. The van der Waals surface area contributed by atoms with Crippen molar-refractivity contribution in [3.8, 4) is 0 Å². The quantitative estimate of drug-likeness (QED) is 0.705. The summed E-state index contributed by atoms with van der Waals surface area (Å²) in [5, 5.41) is 2.28. The molecule has 0 aliphatic carbocycles. The van der Waals surface area contributed by atoms with E-state index < -0.39 is 9.84 Å². The van der Waals surface area contributed by atoms with Gasteiger partial charge in [0.15, 0.2) is 9.84 Å². The normalized spacial score (nSPS) is 25.2. The van der Waals surface area contributed by atoms with Gasteiger partial charge in [0.05, 0.1) is 11.0 Å². The minimum absolute atomic E-state index is 0.000892. The average molecular weight is 248 g/mol. The number of nitrogens with one attached hydrogen (secondary N) is 1. The molecule has 2 unspecified atom stereocenters. The van der Waals surface area contributed by atoms with Gasteiger partial charge in [-0.05, 0) is 26.2 Å². The van der Waals surface area contributed by atoms with Crippen molar-refractivity contribution in [3.63, 3.8) is 0 Å². The number of rotatable bonds is 5. The summed E-state index contributed by atoms with van der Waals surface area (Å²) in [6, 6.07) is 0.000892. The fourth-order valence-electron chi connectivity index (χ4n) is 1.76. The van der Waals surface area contributed by atoms with Gasteiger partial charge < -0.3 is 11.1 Å². The zero-order chi connectivity index (χ0) is 12.2. The van der Waals surface area contributed by atoms with Crippen molar-refractivity contribution in [3.05, 3.63) is 0 Å². The molecule has 0 aromatic heterocycles. The fraction of sp³-hybridized carbons (Fsp3) is 0.900. The van der Waals surface area contributed by atoms with E-state index in [1.54, 1.807) is 0 Å². The van der Waals surface area contributed by atoms with Crippen LogP contribution in [0.5, 0.6) is 0 Å². The minimum atomic E-state index is -2.95. The predicted molar refractivity (Wildman–Crippen MR) is 62.7 cm³/mol. The number of nitrogens with two attached hydrogens (primary N) is 1. The van der Waals surface area contributed by atoms with E-state index in [9.17, 15) is 13.2 Å². The monoisotopic (exact) mass is 248 g/mol. The maximum absolute atomic E-state index is 11.5. The first-order valence-corrected chi connectivity index (χ1v) is 7.37. The number of hydrogen-bond donors (Lipinski definition) is 2. The number of carbonyl (C=O) groups is 1. The SMILES string of the molecule is CC(N)CCC(=O)NCC1CCCS1(=O)=O. The van der Waals surface area contributed by atoms with Gasteiger partial charge in [-0.3, -0.25) is 4.79 Å². The molecule has 1 rings (SSSR count). The van der Waals surface area contributed by atoms with E-state index in [0.29, 0.717) is 25.7 Å². The van der Waals surface area contributed by atoms with Gasteiger partial charge in [0.1, 0.15) is 0 Å². The highest BCUT2D eigenvalue weighted by molar-refractivity contribution is 7.92. The lowest BCUT2D eigenvalue weighted by Gasteiger charge is -2.11. The predicted octanol–water partition coefficient (Wildman–Crippen LogP) is -0.193. The van der Waals surface area contributed by atoms with Crippen LogP contribution in [0.3, 0.4) is 0 Å². The van der Waals surface area contributed by atoms with E-state index in [-0.39, 0.29) is 29.5 Å². The second-order valence-corrected chi connectivity index (χ2v) is 6.85. The smallest absolute Gasteiger partial charge is 0.220 e. The fourth-order valence-corrected chi connectivity index (χ4v) is 3.53. The van der Waals surface area contributed by atoms with Gasteiger partial charge in [0.25, 0.3) is 0 Å². The van der Waals surface area contributed by atoms with E-state index in [2.05, 4.69) is 5.32 Å². The first-order valence-electron chi connectivity index (χ1n) is 5.65. The molecular weight excluding hydrogens is 228 g/mol. The molecule has 3 N–H and O–H groups in total. The van der Waals surface area contributed by atoms with Gasteiger partial charge in [-0.25, -0.2) is 8.42 Å². The van der Waals surface area contributed by atoms with Gasteiger partial charge in [-0.15, -0.1) is 0 Å². The molecule has 0 aromatic carbocycles. The summed E-state index contributed by atoms with van der Waals surface area (Å²) in [4.78, 5) is 11.4. The van der Waals surface area contributed by atoms with Crippen LogP contribution in [0.4, 0.5) is 0 Å². The van der Waals surface area contributed by atoms with Crippen LogP contribution in [0.15, 0.2) is 0 Å². The highest BCUT2D eigenvalue weighted by Gasteiger charge is 2.31. The van der Waals surface area contributed by atoms with E-state index in [1.807, 2.05) is 6.92 Å². The lowest BCUT2D eigenvalue weighted by Crippen LogP contribution is -2.35. The second-order valence-electron chi connectivity index (χ2n) is 4.45. The molecule has 1 saturated heterocycles. The van der Waals surface area contributed by atoms with Crippen LogP contribution in [-0.4, -0.2) is 37.9 Å². The summed E-state index contributed by atoms with van der Waals surface area (Å²) in [6.45, 7) is 2.09. The van der Waals surface area contributed by atoms with Crippen LogP contribution < -0.4 is 11.1 Å². The summed E-state index contributed by atoms with van der Waals surface area (Å²) in [6.07, 6.45) is 2.37. The molecule has 0 aromatic rings. The Hall–Kier alpha value is -0.620. The van der Waals surface area contributed by atoms with E-state index in [0.717, 1.165) is 0 Å². The Bertz CT molecular complexity index is 338. The maximum atomic E-state index is 11.5. The lowest BCUT2D eigenvalue weighted by atomic mass is 10.2. The van der Waals surface area contributed by atoms with Crippen molar-refractivity contribution in [2.75, 3.05) is 12.3 Å². The second kappa shape index (κ2) is 5.63. The molecule has 1 fully saturated rings. The molecule has 94 valence electrons. The molecule has 1 aliphatic rings. The molecule has 0 spiro atoms. The summed E-state index contributed by atoms with van der Waals surface area (Å²) in [7, 11) is -2.95. The van der Waals surface area contributed by atoms with Crippen LogP contribution in [0.2, 0.25) is 0 Å². The van der Waals surface area contributed by atoms with E-state index in [4.69, 9.17) is 5.73 Å². The van der Waals surface area contributed by atoms with Crippen LogP contribution in [0, 0.1) is 0 Å². The van der Waals surface area contributed by atoms with Crippen LogP contribution in [0.1, 0.15) is 32.6 Å². The van der Waals surface area contributed by atoms with Gasteiger partial charge in [0.2, 0.25) is 5.91 Å². The van der Waals surface area contributed by atoms with Crippen LogP contribution in [-0.2, 0) is 14.6 Å². The van der Waals surface area contributed by atoms with Gasteiger partial charge in [-0.2, -0.15) is 0 Å². The van der Waals surface area contributed by atoms with Crippen LogP contribution in [0.25, 0.3) is 0 Å². The third-order valence-corrected chi connectivity index (χ3v) is 5.09. The third-order valence-electron chi connectivity index (χ3n) is 2.82. The molecular formula is C10H20N2O3S. The number of carbonyl (C=O) groups excluding carboxylic acids is 1. The molecule has 1 amide bonds. The third kappa shape index (κ3) is 4.09. The Morgan fingerprint density at radius 3 is 2.75 bits per heavy atom. The maximum Gasteiger partial charge on any atom is 0.220 e. The Morgan fingerprint density at radius 2 is 2.25 bits per heavy atom. The van der Waals surface area contributed by atoms with Crippen molar-refractivity contribution in [1.82, 2.24) is 5.32 Å². The largest absolute Gasteiger partial charge is 0.355 e. The summed E-state index contributed by atoms with van der Waals surface area (Å²) in [5.74, 6) is 0.146. The van der Waals surface area contributed by atoms with Crippen molar-refractivity contribution in [1.29, 1.82) is 0 Å². The Balaban J connectivity index is 2.27. The zero-order valence-electron chi connectivity index (χ0n) is 9.61. The van der Waals surface area contributed by atoms with Crippen LogP contribution >= 0.6 is 0 Å². The molecule has 0 saturated carbocycles. The van der Waals surface area contributed by atoms with Gasteiger partial charge in [0, 0.05) is 19.0 Å². The number of amides is 1. The minimum Gasteiger partial charge on any atom is -0.355 e. The molecule has 1 heterocycles. The summed E-state index contributed by atoms with van der Waals surface area (Å²) in [5.41, 5.74) is 5.53. The molecule has 1 aliphatic heterocycles. The Labute approximate surface area is 96.7 Å². The van der Waals surface area contributed by atoms with Gasteiger partial charge in [-0.1, -0.05) is 0 Å². The molecule has 16 heavy (non-hydrogen) atoms. The first-order chi connectivity index (χ1) is 7.42. The lowest BCUT2D eigenvalue weighted by molar-refractivity contribution is -0.121. The molecule has 0 radical (unpaired) electrons. The molecule has 0 bridgehead atoms.